The first kappa shape index (κ1) is 8.31. The van der Waals surface area contributed by atoms with Crippen LogP contribution >= 0.6 is 0 Å². The lowest BCUT2D eigenvalue weighted by molar-refractivity contribution is -0.117. The van der Waals surface area contributed by atoms with Crippen molar-refractivity contribution < 1.29 is 4.79 Å². The molecule has 1 rings (SSSR count). The van der Waals surface area contributed by atoms with Gasteiger partial charge in [0.05, 0.1) is 6.04 Å². The van der Waals surface area contributed by atoms with Crippen LogP contribution in [0.3, 0.4) is 0 Å². The molecule has 1 aliphatic rings. The molecule has 0 N–H and O–H groups in total. The van der Waals surface area contributed by atoms with Gasteiger partial charge in [-0.1, -0.05) is 13.3 Å². The van der Waals surface area contributed by atoms with E-state index < -0.39 is 0 Å². The van der Waals surface area contributed by atoms with Crippen molar-refractivity contribution in [2.45, 2.75) is 32.7 Å². The zero-order chi connectivity index (χ0) is 8.27. The highest BCUT2D eigenvalue weighted by Gasteiger charge is 2.24. The van der Waals surface area contributed by atoms with Crippen LogP contribution in [0, 0.1) is 0 Å². The van der Waals surface area contributed by atoms with Crippen molar-refractivity contribution in [2.75, 3.05) is 6.54 Å². The van der Waals surface area contributed by atoms with Gasteiger partial charge in [-0.3, -0.25) is 4.79 Å². The monoisotopic (exact) mass is 153 g/mol. The van der Waals surface area contributed by atoms with Crippen LogP contribution in [0.5, 0.6) is 0 Å². The third kappa shape index (κ3) is 1.62. The molecule has 0 aromatic rings. The van der Waals surface area contributed by atoms with Gasteiger partial charge in [0.25, 0.3) is 0 Å². The average Bonchev–Trinajstić information content (AvgIpc) is 2.34. The van der Waals surface area contributed by atoms with Crippen molar-refractivity contribution in [1.82, 2.24) is 4.90 Å². The van der Waals surface area contributed by atoms with E-state index in [1.165, 1.54) is 0 Å². The maximum Gasteiger partial charge on any atom is 0.179 e. The van der Waals surface area contributed by atoms with Gasteiger partial charge in [-0.2, -0.15) is 0 Å². The predicted octanol–water partition coefficient (Wildman–Crippen LogP) is 1.57. The predicted molar refractivity (Wildman–Crippen MR) is 45.2 cm³/mol. The Morgan fingerprint density at radius 3 is 2.82 bits per heavy atom. The molecule has 11 heavy (non-hydrogen) atoms. The lowest BCUT2D eigenvalue weighted by Gasteiger charge is -2.21. The number of likely N-dealkylation sites (N-methyl/N-ethyl adjacent to an activating group) is 1. The summed E-state index contributed by atoms with van der Waals surface area (Å²) in [7, 11) is 0. The van der Waals surface area contributed by atoms with Gasteiger partial charge in [-0.25, -0.2) is 0 Å². The van der Waals surface area contributed by atoms with E-state index in [0.717, 1.165) is 19.4 Å². The molecule has 0 aliphatic carbocycles. The molecule has 1 atom stereocenters. The smallest absolute Gasteiger partial charge is 0.179 e. The minimum atomic E-state index is 0.144. The maximum atomic E-state index is 11.2. The summed E-state index contributed by atoms with van der Waals surface area (Å²) in [4.78, 5) is 13.3. The first-order valence-electron chi connectivity index (χ1n) is 4.27. The van der Waals surface area contributed by atoms with Gasteiger partial charge in [0.2, 0.25) is 0 Å². The van der Waals surface area contributed by atoms with Crippen LogP contribution in [0.1, 0.15) is 26.7 Å². The molecule has 1 aliphatic heterocycles. The van der Waals surface area contributed by atoms with Crippen LogP contribution in [-0.4, -0.2) is 23.3 Å². The molecule has 0 saturated carbocycles. The second kappa shape index (κ2) is 3.56. The first-order valence-corrected chi connectivity index (χ1v) is 4.27. The van der Waals surface area contributed by atoms with Crippen molar-refractivity contribution in [2.24, 2.45) is 0 Å². The molecule has 0 radical (unpaired) electrons. The molecule has 0 amide bonds. The Kier molecular flexibility index (Phi) is 2.69. The summed E-state index contributed by atoms with van der Waals surface area (Å²) in [5, 5.41) is 0. The third-order valence-electron chi connectivity index (χ3n) is 2.09. The van der Waals surface area contributed by atoms with Gasteiger partial charge in [0.15, 0.2) is 5.78 Å². The van der Waals surface area contributed by atoms with Crippen LogP contribution in [0.25, 0.3) is 0 Å². The minimum Gasteiger partial charge on any atom is -0.367 e. The summed E-state index contributed by atoms with van der Waals surface area (Å²) in [6.07, 6.45) is 5.65. The summed E-state index contributed by atoms with van der Waals surface area (Å²) >= 11 is 0. The number of hydrogen-bond acceptors (Lipinski definition) is 2. The molecule has 0 bridgehead atoms. The Bertz CT molecular complexity index is 174. The van der Waals surface area contributed by atoms with Gasteiger partial charge in [-0.05, 0) is 19.4 Å². The van der Waals surface area contributed by atoms with E-state index in [9.17, 15) is 4.79 Å². The molecule has 0 aromatic heterocycles. The Balaban J connectivity index is 2.54. The number of hydrogen-bond donors (Lipinski definition) is 0. The number of nitrogens with zero attached hydrogens (tertiary/aromatic N) is 1. The standard InChI is InChI=1S/C9H15NO/c1-3-5-8-9(11)6-7-10(8)4-2/h6-8H,3-5H2,1-2H3. The fourth-order valence-electron chi connectivity index (χ4n) is 1.45. The van der Waals surface area contributed by atoms with E-state index in [4.69, 9.17) is 0 Å². The highest BCUT2D eigenvalue weighted by atomic mass is 16.1. The van der Waals surface area contributed by atoms with Crippen LogP contribution < -0.4 is 0 Å². The molecule has 1 unspecified atom stereocenters. The Morgan fingerprint density at radius 1 is 1.55 bits per heavy atom. The number of carbonyl (C=O) groups excluding carboxylic acids is 1. The molecular formula is C9H15NO. The van der Waals surface area contributed by atoms with Gasteiger partial charge in [0.1, 0.15) is 0 Å². The molecule has 0 aromatic carbocycles. The summed E-state index contributed by atoms with van der Waals surface area (Å²) in [5.41, 5.74) is 0. The van der Waals surface area contributed by atoms with E-state index in [1.54, 1.807) is 6.08 Å². The largest absolute Gasteiger partial charge is 0.367 e. The van der Waals surface area contributed by atoms with Crippen molar-refractivity contribution in [3.05, 3.63) is 12.3 Å². The maximum absolute atomic E-state index is 11.2. The molecule has 0 fully saturated rings. The lowest BCUT2D eigenvalue weighted by atomic mass is 10.1. The normalized spacial score (nSPS) is 23.3. The summed E-state index contributed by atoms with van der Waals surface area (Å²) in [6, 6.07) is 0.144. The second-order valence-corrected chi connectivity index (χ2v) is 2.85. The Hall–Kier alpha value is -0.790. The van der Waals surface area contributed by atoms with E-state index in [-0.39, 0.29) is 11.8 Å². The molecule has 0 spiro atoms. The van der Waals surface area contributed by atoms with E-state index >= 15 is 0 Å². The summed E-state index contributed by atoms with van der Waals surface area (Å²) in [5.74, 6) is 0.272. The SMILES string of the molecule is CCCC1C(=O)C=CN1CC. The molecule has 0 saturated heterocycles. The zero-order valence-corrected chi connectivity index (χ0v) is 7.21. The molecule has 2 heteroatoms. The van der Waals surface area contributed by atoms with E-state index in [1.807, 2.05) is 6.20 Å². The van der Waals surface area contributed by atoms with Crippen molar-refractivity contribution in [3.63, 3.8) is 0 Å². The van der Waals surface area contributed by atoms with Crippen molar-refractivity contribution in [3.8, 4) is 0 Å². The molecule has 1 heterocycles. The number of rotatable bonds is 3. The average molecular weight is 153 g/mol. The van der Waals surface area contributed by atoms with Gasteiger partial charge in [0, 0.05) is 12.7 Å². The van der Waals surface area contributed by atoms with E-state index in [0.29, 0.717) is 0 Å². The first-order chi connectivity index (χ1) is 5.29. The second-order valence-electron chi connectivity index (χ2n) is 2.85. The van der Waals surface area contributed by atoms with Gasteiger partial charge in [-0.15, -0.1) is 0 Å². The highest BCUT2D eigenvalue weighted by molar-refractivity contribution is 5.96. The zero-order valence-electron chi connectivity index (χ0n) is 7.21. The van der Waals surface area contributed by atoms with Crippen LogP contribution in [-0.2, 0) is 4.79 Å². The van der Waals surface area contributed by atoms with E-state index in [2.05, 4.69) is 18.7 Å². The summed E-state index contributed by atoms with van der Waals surface area (Å²) < 4.78 is 0. The third-order valence-corrected chi connectivity index (χ3v) is 2.09. The Labute approximate surface area is 67.9 Å². The number of ketones is 1. The van der Waals surface area contributed by atoms with Gasteiger partial charge < -0.3 is 4.90 Å². The highest BCUT2D eigenvalue weighted by Crippen LogP contribution is 2.14. The molecule has 62 valence electrons. The van der Waals surface area contributed by atoms with Crippen molar-refractivity contribution >= 4 is 5.78 Å². The molecular weight excluding hydrogens is 138 g/mol. The summed E-state index contributed by atoms with van der Waals surface area (Å²) in [6.45, 7) is 5.12. The fourth-order valence-corrected chi connectivity index (χ4v) is 1.45. The van der Waals surface area contributed by atoms with Crippen molar-refractivity contribution in [1.29, 1.82) is 0 Å². The Morgan fingerprint density at radius 2 is 2.27 bits per heavy atom. The molecule has 2 nitrogen and oxygen atoms in total. The van der Waals surface area contributed by atoms with Crippen LogP contribution in [0.2, 0.25) is 0 Å². The fraction of sp³-hybridized carbons (Fsp3) is 0.667. The number of carbonyl (C=O) groups is 1. The van der Waals surface area contributed by atoms with Crippen LogP contribution in [0.4, 0.5) is 0 Å². The lowest BCUT2D eigenvalue weighted by Crippen LogP contribution is -2.31. The van der Waals surface area contributed by atoms with Crippen LogP contribution in [0.15, 0.2) is 12.3 Å². The minimum absolute atomic E-state index is 0.144. The van der Waals surface area contributed by atoms with Gasteiger partial charge >= 0.3 is 0 Å². The quantitative estimate of drug-likeness (QED) is 0.613. The topological polar surface area (TPSA) is 20.3 Å².